The molecule has 9 heteroatoms. The van der Waals surface area contributed by atoms with Crippen LogP contribution >= 0.6 is 0 Å². The Morgan fingerprint density at radius 2 is 1.60 bits per heavy atom. The number of carbonyl (C=O) groups excluding carboxylic acids is 4. The molecule has 9 nitrogen and oxygen atoms in total. The Morgan fingerprint density at radius 1 is 0.936 bits per heavy atom. The van der Waals surface area contributed by atoms with Crippen LogP contribution in [0.15, 0.2) is 71.8 Å². The maximum atomic E-state index is 15.1. The molecule has 1 aliphatic heterocycles. The first-order valence-corrected chi connectivity index (χ1v) is 16.5. The molecule has 0 radical (unpaired) electrons. The van der Waals surface area contributed by atoms with E-state index in [-0.39, 0.29) is 31.3 Å². The number of benzene rings is 2. The van der Waals surface area contributed by atoms with Crippen LogP contribution in [0.5, 0.6) is 0 Å². The van der Waals surface area contributed by atoms with Crippen molar-refractivity contribution in [3.05, 3.63) is 82.9 Å². The van der Waals surface area contributed by atoms with Crippen molar-refractivity contribution < 1.29 is 43.2 Å². The highest BCUT2D eigenvalue weighted by Gasteiger charge is 2.68. The van der Waals surface area contributed by atoms with Gasteiger partial charge in [-0.15, -0.1) is 0 Å². The summed E-state index contributed by atoms with van der Waals surface area (Å²) in [6.07, 6.45) is -2.15. The second kappa shape index (κ2) is 12.3. The van der Waals surface area contributed by atoms with E-state index in [4.69, 9.17) is 18.9 Å². The zero-order valence-electron chi connectivity index (χ0n) is 27.7. The number of fused-ring (bicyclic) bond motifs is 5. The molecule has 2 saturated carbocycles. The minimum absolute atomic E-state index is 0.0890. The second-order valence-electron chi connectivity index (χ2n) is 14.4. The van der Waals surface area contributed by atoms with Crippen LogP contribution in [0, 0.1) is 22.7 Å². The molecular formula is C38H44O9. The van der Waals surface area contributed by atoms with Crippen molar-refractivity contribution in [2.24, 2.45) is 22.7 Å². The van der Waals surface area contributed by atoms with Crippen LogP contribution in [0.1, 0.15) is 76.2 Å². The molecular weight excluding hydrogens is 600 g/mol. The van der Waals surface area contributed by atoms with Gasteiger partial charge in [0.15, 0.2) is 11.9 Å². The molecule has 1 N–H and O–H groups in total. The van der Waals surface area contributed by atoms with Gasteiger partial charge in [0.2, 0.25) is 0 Å². The molecule has 0 amide bonds. The molecule has 1 saturated heterocycles. The molecule has 6 rings (SSSR count). The van der Waals surface area contributed by atoms with Crippen LogP contribution < -0.4 is 0 Å². The van der Waals surface area contributed by atoms with Gasteiger partial charge in [0.1, 0.15) is 12.2 Å². The molecule has 0 spiro atoms. The van der Waals surface area contributed by atoms with Crippen LogP contribution in [0.4, 0.5) is 0 Å². The van der Waals surface area contributed by atoms with E-state index in [0.717, 1.165) is 5.56 Å². The van der Waals surface area contributed by atoms with Crippen molar-refractivity contribution in [1.82, 2.24) is 0 Å². The smallest absolute Gasteiger partial charge is 0.338 e. The normalized spacial score (nSPS) is 34.0. The summed E-state index contributed by atoms with van der Waals surface area (Å²) in [6, 6.07) is 18.2. The Labute approximate surface area is 275 Å². The van der Waals surface area contributed by atoms with Gasteiger partial charge in [-0.1, -0.05) is 62.4 Å². The van der Waals surface area contributed by atoms with Gasteiger partial charge in [0, 0.05) is 37.5 Å². The molecule has 2 aromatic carbocycles. The molecule has 2 bridgehead atoms. The van der Waals surface area contributed by atoms with E-state index in [0.29, 0.717) is 36.2 Å². The van der Waals surface area contributed by atoms with Gasteiger partial charge < -0.3 is 24.1 Å². The van der Waals surface area contributed by atoms with Gasteiger partial charge in [-0.25, -0.2) is 4.79 Å². The Morgan fingerprint density at radius 3 is 2.21 bits per heavy atom. The fraction of sp³-hybridized carbons (Fsp3) is 0.526. The van der Waals surface area contributed by atoms with E-state index >= 15 is 4.79 Å². The van der Waals surface area contributed by atoms with Crippen molar-refractivity contribution in [3.8, 4) is 0 Å². The summed E-state index contributed by atoms with van der Waals surface area (Å²) < 4.78 is 24.0. The summed E-state index contributed by atoms with van der Waals surface area (Å²) in [5.74, 6) is -2.61. The predicted octanol–water partition coefficient (Wildman–Crippen LogP) is 5.18. The lowest BCUT2D eigenvalue weighted by atomic mass is 9.47. The Bertz CT molecular complexity index is 1580. The van der Waals surface area contributed by atoms with Crippen molar-refractivity contribution in [2.75, 3.05) is 6.61 Å². The molecule has 250 valence electrons. The summed E-state index contributed by atoms with van der Waals surface area (Å²) in [4.78, 5) is 54.4. The lowest BCUT2D eigenvalue weighted by molar-refractivity contribution is -0.244. The van der Waals surface area contributed by atoms with Gasteiger partial charge in [0.25, 0.3) is 0 Å². The number of rotatable bonds is 7. The fourth-order valence-corrected chi connectivity index (χ4v) is 8.55. The van der Waals surface area contributed by atoms with Crippen molar-refractivity contribution in [2.45, 2.75) is 96.7 Å². The summed E-state index contributed by atoms with van der Waals surface area (Å²) in [5.41, 5.74) is -1.46. The molecule has 47 heavy (non-hydrogen) atoms. The fourth-order valence-electron chi connectivity index (χ4n) is 8.55. The van der Waals surface area contributed by atoms with E-state index in [2.05, 4.69) is 0 Å². The summed E-state index contributed by atoms with van der Waals surface area (Å²) in [7, 11) is 0. The summed E-state index contributed by atoms with van der Waals surface area (Å²) in [5, 5.41) is 12.8. The third kappa shape index (κ3) is 5.71. The monoisotopic (exact) mass is 644 g/mol. The van der Waals surface area contributed by atoms with Crippen LogP contribution in [-0.2, 0) is 39.8 Å². The van der Waals surface area contributed by atoms with E-state index in [9.17, 15) is 19.5 Å². The Kier molecular flexibility index (Phi) is 8.68. The zero-order valence-corrected chi connectivity index (χ0v) is 27.7. The van der Waals surface area contributed by atoms with Gasteiger partial charge >= 0.3 is 17.9 Å². The van der Waals surface area contributed by atoms with Crippen molar-refractivity contribution in [3.63, 3.8) is 0 Å². The molecule has 1 heterocycles. The summed E-state index contributed by atoms with van der Waals surface area (Å²) in [6.45, 7) is 8.91. The first-order valence-electron chi connectivity index (χ1n) is 16.5. The number of aryl methyl sites for hydroxylation is 1. The molecule has 4 aliphatic rings. The third-order valence-electron chi connectivity index (χ3n) is 11.5. The minimum atomic E-state index is -1.47. The molecule has 3 fully saturated rings. The lowest BCUT2D eigenvalue weighted by Crippen LogP contribution is -2.69. The molecule has 7 unspecified atom stereocenters. The van der Waals surface area contributed by atoms with Crippen LogP contribution in [-0.4, -0.2) is 65.4 Å². The number of carbonyl (C=O) groups is 4. The van der Waals surface area contributed by atoms with Crippen molar-refractivity contribution in [1.29, 1.82) is 0 Å². The van der Waals surface area contributed by atoms with Crippen LogP contribution in [0.2, 0.25) is 0 Å². The average Bonchev–Trinajstić information content (AvgIpc) is 3.02. The largest absolute Gasteiger partial charge is 0.458 e. The number of aliphatic hydroxyl groups is 1. The highest BCUT2D eigenvalue weighted by molar-refractivity contribution is 5.95. The van der Waals surface area contributed by atoms with E-state index in [1.165, 1.54) is 6.92 Å². The molecule has 0 aromatic heterocycles. The predicted molar refractivity (Wildman–Crippen MR) is 171 cm³/mol. The Hall–Kier alpha value is -3.82. The highest BCUT2D eigenvalue weighted by atomic mass is 16.6. The molecule has 8 atom stereocenters. The van der Waals surface area contributed by atoms with Gasteiger partial charge in [-0.3, -0.25) is 14.4 Å². The quantitative estimate of drug-likeness (QED) is 0.247. The molecule has 3 aliphatic carbocycles. The second-order valence-corrected chi connectivity index (χ2v) is 14.4. The van der Waals surface area contributed by atoms with Gasteiger partial charge in [-0.05, 0) is 61.4 Å². The highest BCUT2D eigenvalue weighted by Crippen LogP contribution is 2.62. The third-order valence-corrected chi connectivity index (χ3v) is 11.5. The Balaban J connectivity index is 1.40. The minimum Gasteiger partial charge on any atom is -0.458 e. The van der Waals surface area contributed by atoms with Crippen molar-refractivity contribution >= 4 is 23.7 Å². The maximum absolute atomic E-state index is 15.1. The standard InChI is InChI=1S/C38H44O9/c1-22-29(46-31(40)17-16-24-12-8-6-9-13-24)20-38(43)19-27-26-21-44-28(26)18-30(47-35(42)25-14-10-7-11-15-25)37(27,5)34(41)33(45-23(2)39)32(22)36(38,3)4/h6-15,26-30,33,43H,16-21H2,1-5H3/t26?,27?,28?,29-,30?,33?,37?,38?/m0/s1. The number of ketones is 1. The van der Waals surface area contributed by atoms with E-state index in [1.54, 1.807) is 44.2 Å². The van der Waals surface area contributed by atoms with Crippen LogP contribution in [0.3, 0.4) is 0 Å². The SMILES string of the molecule is CC(=O)OC1C(=O)C2(C)C(OC(=O)c3ccccc3)CC3OCC3C2CC2(O)C[C@H](OC(=O)CCc3ccccc3)C(C)=C1C2(C)C. The first kappa shape index (κ1) is 33.1. The lowest BCUT2D eigenvalue weighted by Gasteiger charge is -2.62. The molecule has 2 aromatic rings. The van der Waals surface area contributed by atoms with Gasteiger partial charge in [-0.2, -0.15) is 0 Å². The van der Waals surface area contributed by atoms with Crippen LogP contribution in [0.25, 0.3) is 0 Å². The van der Waals surface area contributed by atoms with Gasteiger partial charge in [0.05, 0.1) is 29.3 Å². The number of Topliss-reactive ketones (excluding diaryl/α,β-unsaturated/α-hetero) is 1. The number of hydrogen-bond donors (Lipinski definition) is 1. The summed E-state index contributed by atoms with van der Waals surface area (Å²) >= 11 is 0. The maximum Gasteiger partial charge on any atom is 0.338 e. The number of esters is 3. The zero-order chi connectivity index (χ0) is 33.7. The topological polar surface area (TPSA) is 125 Å². The van der Waals surface area contributed by atoms with E-state index < -0.39 is 64.4 Å². The average molecular weight is 645 g/mol. The van der Waals surface area contributed by atoms with E-state index in [1.807, 2.05) is 44.2 Å². The number of ether oxygens (including phenoxy) is 4. The number of hydrogen-bond acceptors (Lipinski definition) is 9. The first-order chi connectivity index (χ1) is 22.3.